The van der Waals surface area contributed by atoms with Crippen LogP contribution in [0, 0.1) is 0 Å². The van der Waals surface area contributed by atoms with Gasteiger partial charge in [0.25, 0.3) is 0 Å². The van der Waals surface area contributed by atoms with Crippen LogP contribution in [0.1, 0.15) is 20.3 Å². The Labute approximate surface area is 103 Å². The van der Waals surface area contributed by atoms with Crippen molar-refractivity contribution < 1.29 is 9.90 Å². The summed E-state index contributed by atoms with van der Waals surface area (Å²) in [6.07, 6.45) is 2.43. The lowest BCUT2D eigenvalue weighted by Crippen LogP contribution is -2.44. The molecule has 0 saturated carbocycles. The van der Waals surface area contributed by atoms with Gasteiger partial charge in [-0.05, 0) is 20.1 Å². The lowest BCUT2D eigenvalue weighted by Gasteiger charge is -2.25. The number of hydrogen-bond acceptors (Lipinski definition) is 4. The van der Waals surface area contributed by atoms with Crippen molar-refractivity contribution in [2.75, 3.05) is 32.6 Å². The highest BCUT2D eigenvalue weighted by Crippen LogP contribution is 2.09. The molecule has 0 aliphatic heterocycles. The second-order valence-electron chi connectivity index (χ2n) is 4.70. The first-order chi connectivity index (χ1) is 7.28. The Bertz CT molecular complexity index is 220. The summed E-state index contributed by atoms with van der Waals surface area (Å²) in [5, 5.41) is 13.1. The summed E-state index contributed by atoms with van der Waals surface area (Å²) in [5.74, 6) is 0.790. The van der Waals surface area contributed by atoms with Crippen LogP contribution in [0.3, 0.4) is 0 Å². The van der Waals surface area contributed by atoms with E-state index in [1.54, 1.807) is 37.7 Å². The van der Waals surface area contributed by atoms with Crippen LogP contribution in [0.4, 0.5) is 0 Å². The van der Waals surface area contributed by atoms with E-state index >= 15 is 0 Å². The van der Waals surface area contributed by atoms with Gasteiger partial charge in [-0.3, -0.25) is 4.79 Å². The number of carbonyl (C=O) groups excluding carboxylic acids is 1. The molecule has 1 amide bonds. The number of carbonyl (C=O) groups is 1. The standard InChI is InChI=1S/C11H24N2O2S/c1-9(6-10(14)13(3)4)12-7-11(2,15)8-16-5/h9,12,15H,6-8H2,1-5H3. The van der Waals surface area contributed by atoms with E-state index in [4.69, 9.17) is 0 Å². The smallest absolute Gasteiger partial charge is 0.223 e. The molecule has 0 aliphatic carbocycles. The quantitative estimate of drug-likeness (QED) is 0.691. The van der Waals surface area contributed by atoms with Gasteiger partial charge in [0.15, 0.2) is 0 Å². The van der Waals surface area contributed by atoms with E-state index in [0.29, 0.717) is 18.7 Å². The highest BCUT2D eigenvalue weighted by molar-refractivity contribution is 7.98. The molecule has 0 spiro atoms. The molecule has 5 heteroatoms. The number of rotatable bonds is 7. The molecule has 96 valence electrons. The molecule has 0 aromatic heterocycles. The highest BCUT2D eigenvalue weighted by Gasteiger charge is 2.20. The topological polar surface area (TPSA) is 52.6 Å². The summed E-state index contributed by atoms with van der Waals surface area (Å²) in [4.78, 5) is 13.0. The number of thioether (sulfide) groups is 1. The van der Waals surface area contributed by atoms with Gasteiger partial charge in [-0.15, -0.1) is 0 Å². The van der Waals surface area contributed by atoms with Crippen molar-refractivity contribution in [1.29, 1.82) is 0 Å². The van der Waals surface area contributed by atoms with Gasteiger partial charge in [-0.25, -0.2) is 0 Å². The maximum absolute atomic E-state index is 11.4. The maximum Gasteiger partial charge on any atom is 0.223 e. The summed E-state index contributed by atoms with van der Waals surface area (Å²) in [5.41, 5.74) is -0.713. The molecule has 0 saturated heterocycles. The average molecular weight is 248 g/mol. The SMILES string of the molecule is CSCC(C)(O)CNC(C)CC(=O)N(C)C. The summed E-state index contributed by atoms with van der Waals surface area (Å²) in [6, 6.07) is 0.0863. The molecule has 0 aliphatic rings. The van der Waals surface area contributed by atoms with Gasteiger partial charge in [0.2, 0.25) is 5.91 Å². The number of hydrogen-bond donors (Lipinski definition) is 2. The molecule has 2 N–H and O–H groups in total. The summed E-state index contributed by atoms with van der Waals surface area (Å²) in [6.45, 7) is 4.27. The zero-order chi connectivity index (χ0) is 12.8. The molecule has 0 heterocycles. The first-order valence-corrected chi connectivity index (χ1v) is 6.83. The van der Waals surface area contributed by atoms with Crippen LogP contribution in [-0.2, 0) is 4.79 Å². The van der Waals surface area contributed by atoms with Gasteiger partial charge in [0.1, 0.15) is 0 Å². The Morgan fingerprint density at radius 1 is 1.56 bits per heavy atom. The van der Waals surface area contributed by atoms with Crippen molar-refractivity contribution in [1.82, 2.24) is 10.2 Å². The Kier molecular flexibility index (Phi) is 7.03. The molecular weight excluding hydrogens is 224 g/mol. The normalized spacial score (nSPS) is 16.6. The number of nitrogens with one attached hydrogen (secondary N) is 1. The van der Waals surface area contributed by atoms with E-state index in [9.17, 15) is 9.90 Å². The van der Waals surface area contributed by atoms with E-state index in [0.717, 1.165) is 0 Å². The minimum atomic E-state index is -0.713. The van der Waals surface area contributed by atoms with Gasteiger partial charge >= 0.3 is 0 Å². The van der Waals surface area contributed by atoms with Crippen LogP contribution in [0.2, 0.25) is 0 Å². The van der Waals surface area contributed by atoms with Crippen molar-refractivity contribution in [3.05, 3.63) is 0 Å². The van der Waals surface area contributed by atoms with Crippen molar-refractivity contribution in [3.63, 3.8) is 0 Å². The Hall–Kier alpha value is -0.260. The van der Waals surface area contributed by atoms with Crippen LogP contribution < -0.4 is 5.32 Å². The number of nitrogens with zero attached hydrogens (tertiary/aromatic N) is 1. The molecule has 0 aromatic rings. The average Bonchev–Trinajstić information content (AvgIpc) is 2.14. The van der Waals surface area contributed by atoms with Gasteiger partial charge < -0.3 is 15.3 Å². The Balaban J connectivity index is 3.89. The van der Waals surface area contributed by atoms with Crippen molar-refractivity contribution in [2.24, 2.45) is 0 Å². The zero-order valence-corrected chi connectivity index (χ0v) is 11.7. The van der Waals surface area contributed by atoms with Gasteiger partial charge in [-0.1, -0.05) is 0 Å². The monoisotopic (exact) mass is 248 g/mol. The van der Waals surface area contributed by atoms with Crippen LogP contribution >= 0.6 is 11.8 Å². The first kappa shape index (κ1) is 15.7. The highest BCUT2D eigenvalue weighted by atomic mass is 32.2. The van der Waals surface area contributed by atoms with Crippen LogP contribution in [0.25, 0.3) is 0 Å². The van der Waals surface area contributed by atoms with E-state index in [-0.39, 0.29) is 11.9 Å². The van der Waals surface area contributed by atoms with Gasteiger partial charge in [0, 0.05) is 38.9 Å². The molecule has 4 nitrogen and oxygen atoms in total. The minimum Gasteiger partial charge on any atom is -0.388 e. The third-order valence-corrected chi connectivity index (χ3v) is 3.18. The fourth-order valence-electron chi connectivity index (χ4n) is 1.27. The Morgan fingerprint density at radius 3 is 2.56 bits per heavy atom. The second kappa shape index (κ2) is 7.14. The van der Waals surface area contributed by atoms with Crippen molar-refractivity contribution in [3.8, 4) is 0 Å². The molecule has 0 rings (SSSR count). The Morgan fingerprint density at radius 2 is 2.12 bits per heavy atom. The van der Waals surface area contributed by atoms with E-state index < -0.39 is 5.60 Å². The minimum absolute atomic E-state index is 0.0863. The predicted octanol–water partition coefficient (Wildman–Crippen LogP) is 0.557. The maximum atomic E-state index is 11.4. The molecule has 0 radical (unpaired) electrons. The number of amides is 1. The zero-order valence-electron chi connectivity index (χ0n) is 10.9. The molecule has 2 unspecified atom stereocenters. The van der Waals surface area contributed by atoms with E-state index in [1.165, 1.54) is 0 Å². The van der Waals surface area contributed by atoms with Crippen LogP contribution in [0.15, 0.2) is 0 Å². The van der Waals surface area contributed by atoms with Crippen LogP contribution in [-0.4, -0.2) is 60.2 Å². The largest absolute Gasteiger partial charge is 0.388 e. The second-order valence-corrected chi connectivity index (χ2v) is 5.57. The fourth-order valence-corrected chi connectivity index (χ4v) is 2.00. The van der Waals surface area contributed by atoms with Gasteiger partial charge in [-0.2, -0.15) is 11.8 Å². The summed E-state index contributed by atoms with van der Waals surface area (Å²) in [7, 11) is 3.50. The molecule has 16 heavy (non-hydrogen) atoms. The lowest BCUT2D eigenvalue weighted by molar-refractivity contribution is -0.129. The van der Waals surface area contributed by atoms with Gasteiger partial charge in [0.05, 0.1) is 5.60 Å². The first-order valence-electron chi connectivity index (χ1n) is 5.43. The van der Waals surface area contributed by atoms with E-state index in [1.807, 2.05) is 13.2 Å². The number of aliphatic hydroxyl groups is 1. The van der Waals surface area contributed by atoms with Crippen LogP contribution in [0.5, 0.6) is 0 Å². The molecule has 0 fully saturated rings. The summed E-state index contributed by atoms with van der Waals surface area (Å²) >= 11 is 1.61. The molecule has 0 aromatic carbocycles. The third kappa shape index (κ3) is 7.09. The predicted molar refractivity (Wildman–Crippen MR) is 69.8 cm³/mol. The molecule has 2 atom stereocenters. The lowest BCUT2D eigenvalue weighted by atomic mass is 10.1. The molecule has 0 bridgehead atoms. The summed E-state index contributed by atoms with van der Waals surface area (Å²) < 4.78 is 0. The van der Waals surface area contributed by atoms with E-state index in [2.05, 4.69) is 5.32 Å². The third-order valence-electron chi connectivity index (χ3n) is 2.27. The van der Waals surface area contributed by atoms with Crippen molar-refractivity contribution in [2.45, 2.75) is 31.9 Å². The fraction of sp³-hybridized carbons (Fsp3) is 0.909. The molecular formula is C11H24N2O2S. The van der Waals surface area contributed by atoms with Crippen molar-refractivity contribution >= 4 is 17.7 Å².